The molecule has 1 aromatic rings. The first-order chi connectivity index (χ1) is 12.2. The molecule has 0 radical (unpaired) electrons. The van der Waals surface area contributed by atoms with Gasteiger partial charge in [-0.3, -0.25) is 9.69 Å². The molecule has 1 aromatic carbocycles. The predicted molar refractivity (Wildman–Crippen MR) is 105 cm³/mol. The summed E-state index contributed by atoms with van der Waals surface area (Å²) >= 11 is 0. The van der Waals surface area contributed by atoms with Gasteiger partial charge in [-0.05, 0) is 62.7 Å². The number of hydrogen-bond donors (Lipinski definition) is 2. The van der Waals surface area contributed by atoms with Gasteiger partial charge in [-0.25, -0.2) is 4.39 Å². The highest BCUT2D eigenvalue weighted by atomic mass is 35.5. The fourth-order valence-corrected chi connectivity index (χ4v) is 4.07. The van der Waals surface area contributed by atoms with Gasteiger partial charge in [-0.2, -0.15) is 0 Å². The molecule has 146 valence electrons. The van der Waals surface area contributed by atoms with Gasteiger partial charge in [0.2, 0.25) is 5.91 Å². The van der Waals surface area contributed by atoms with Crippen LogP contribution in [0.4, 0.5) is 4.39 Å². The lowest BCUT2D eigenvalue weighted by Crippen LogP contribution is -2.45. The van der Waals surface area contributed by atoms with E-state index in [1.165, 1.54) is 0 Å². The molecule has 2 atom stereocenters. The molecule has 0 aliphatic carbocycles. The molecule has 1 amide bonds. The van der Waals surface area contributed by atoms with Gasteiger partial charge < -0.3 is 10.6 Å². The Morgan fingerprint density at radius 3 is 2.92 bits per heavy atom. The molecule has 0 spiro atoms. The number of nitrogens with zero attached hydrogens (tertiary/aromatic N) is 1. The first-order valence-electron chi connectivity index (χ1n) is 9.67. The summed E-state index contributed by atoms with van der Waals surface area (Å²) in [5, 5.41) is 6.35. The molecule has 2 N–H and O–H groups in total. The van der Waals surface area contributed by atoms with E-state index >= 15 is 0 Å². The van der Waals surface area contributed by atoms with Crippen LogP contribution in [0.2, 0.25) is 0 Å². The van der Waals surface area contributed by atoms with E-state index < -0.39 is 0 Å². The zero-order valence-electron chi connectivity index (χ0n) is 15.6. The summed E-state index contributed by atoms with van der Waals surface area (Å²) in [5.74, 6) is 0.495. The fraction of sp³-hybridized carbons (Fsp3) is 0.650. The quantitative estimate of drug-likeness (QED) is 0.793. The molecule has 2 fully saturated rings. The first kappa shape index (κ1) is 21.1. The van der Waals surface area contributed by atoms with Crippen LogP contribution in [0.15, 0.2) is 18.2 Å². The topological polar surface area (TPSA) is 44.4 Å². The van der Waals surface area contributed by atoms with E-state index in [1.807, 2.05) is 6.07 Å². The molecule has 2 aliphatic rings. The Morgan fingerprint density at radius 1 is 1.35 bits per heavy atom. The highest BCUT2D eigenvalue weighted by molar-refractivity contribution is 5.85. The summed E-state index contributed by atoms with van der Waals surface area (Å²) in [6.45, 7) is 6.35. The predicted octanol–water partition coefficient (Wildman–Crippen LogP) is 2.89. The lowest BCUT2D eigenvalue weighted by atomic mass is 9.96. The smallest absolute Gasteiger partial charge is 0.237 e. The summed E-state index contributed by atoms with van der Waals surface area (Å²) < 4.78 is 14.2. The maximum Gasteiger partial charge on any atom is 0.237 e. The van der Waals surface area contributed by atoms with Crippen LogP contribution in [0.3, 0.4) is 0 Å². The van der Waals surface area contributed by atoms with Crippen LogP contribution in [0.1, 0.15) is 43.7 Å². The van der Waals surface area contributed by atoms with Crippen molar-refractivity contribution >= 4 is 18.3 Å². The van der Waals surface area contributed by atoms with E-state index in [9.17, 15) is 9.18 Å². The van der Waals surface area contributed by atoms with Crippen LogP contribution >= 0.6 is 12.4 Å². The Kier molecular flexibility index (Phi) is 8.32. The molecule has 2 saturated heterocycles. The van der Waals surface area contributed by atoms with Gasteiger partial charge in [0, 0.05) is 25.2 Å². The van der Waals surface area contributed by atoms with Crippen LogP contribution in [0, 0.1) is 11.7 Å². The van der Waals surface area contributed by atoms with Crippen LogP contribution in [0.25, 0.3) is 0 Å². The van der Waals surface area contributed by atoms with Crippen LogP contribution in [0.5, 0.6) is 0 Å². The zero-order chi connectivity index (χ0) is 17.6. The van der Waals surface area contributed by atoms with Crippen LogP contribution < -0.4 is 10.6 Å². The molecule has 6 heteroatoms. The van der Waals surface area contributed by atoms with Gasteiger partial charge in [0.05, 0.1) is 6.04 Å². The third kappa shape index (κ3) is 5.41. The van der Waals surface area contributed by atoms with E-state index in [0.717, 1.165) is 69.4 Å². The number of likely N-dealkylation sites (tertiary alicyclic amines) is 1. The summed E-state index contributed by atoms with van der Waals surface area (Å²) in [6.07, 6.45) is 5.12. The SMILES string of the molecule is CCc1cccc(F)c1CN1CCCC(CNC(=O)C2CCCN2)C1.Cl. The molecule has 2 heterocycles. The monoisotopic (exact) mass is 383 g/mol. The van der Waals surface area contributed by atoms with Crippen molar-refractivity contribution in [3.05, 3.63) is 35.1 Å². The molecule has 4 nitrogen and oxygen atoms in total. The molecular formula is C20H31ClFN3O. The minimum absolute atomic E-state index is 0. The summed E-state index contributed by atoms with van der Waals surface area (Å²) in [5.41, 5.74) is 1.94. The van der Waals surface area contributed by atoms with Crippen molar-refractivity contribution in [2.45, 2.75) is 51.6 Å². The average molecular weight is 384 g/mol. The largest absolute Gasteiger partial charge is 0.354 e. The highest BCUT2D eigenvalue weighted by Gasteiger charge is 2.25. The molecular weight excluding hydrogens is 353 g/mol. The molecule has 2 unspecified atom stereocenters. The molecule has 2 aliphatic heterocycles. The second kappa shape index (κ2) is 10.2. The van der Waals surface area contributed by atoms with Gasteiger partial charge in [0.25, 0.3) is 0 Å². The summed E-state index contributed by atoms with van der Waals surface area (Å²) in [6, 6.07) is 5.37. The van der Waals surface area contributed by atoms with Gasteiger partial charge in [0.1, 0.15) is 5.82 Å². The van der Waals surface area contributed by atoms with Gasteiger partial charge >= 0.3 is 0 Å². The van der Waals surface area contributed by atoms with E-state index in [2.05, 4.69) is 22.5 Å². The number of piperidine rings is 1. The van der Waals surface area contributed by atoms with Gasteiger partial charge in [-0.1, -0.05) is 19.1 Å². The third-order valence-corrected chi connectivity index (χ3v) is 5.52. The van der Waals surface area contributed by atoms with E-state index in [1.54, 1.807) is 12.1 Å². The van der Waals surface area contributed by atoms with Crippen molar-refractivity contribution < 1.29 is 9.18 Å². The number of rotatable bonds is 6. The molecule has 0 aromatic heterocycles. The number of halogens is 2. The lowest BCUT2D eigenvalue weighted by molar-refractivity contribution is -0.123. The number of hydrogen-bond acceptors (Lipinski definition) is 3. The standard InChI is InChI=1S/C20H30FN3O.ClH/c1-2-16-7-3-8-18(21)17(16)14-24-11-5-6-15(13-24)12-23-20(25)19-9-4-10-22-19;/h3,7-8,15,19,22H,2,4-6,9-14H2,1H3,(H,23,25);1H. The summed E-state index contributed by atoms with van der Waals surface area (Å²) in [7, 11) is 0. The average Bonchev–Trinajstić information content (AvgIpc) is 3.16. The lowest BCUT2D eigenvalue weighted by Gasteiger charge is -2.33. The maximum atomic E-state index is 14.2. The Bertz CT molecular complexity index is 592. The maximum absolute atomic E-state index is 14.2. The number of carbonyl (C=O) groups is 1. The van der Waals surface area contributed by atoms with E-state index in [-0.39, 0.29) is 30.2 Å². The molecule has 0 bridgehead atoms. The number of aryl methyl sites for hydroxylation is 1. The van der Waals surface area contributed by atoms with Crippen molar-refractivity contribution in [2.24, 2.45) is 5.92 Å². The molecule has 3 rings (SSSR count). The molecule has 26 heavy (non-hydrogen) atoms. The minimum Gasteiger partial charge on any atom is -0.354 e. The Labute approximate surface area is 162 Å². The number of amides is 1. The number of carbonyl (C=O) groups excluding carboxylic acids is 1. The minimum atomic E-state index is -0.0953. The zero-order valence-corrected chi connectivity index (χ0v) is 16.4. The van der Waals surface area contributed by atoms with Crippen molar-refractivity contribution in [3.8, 4) is 0 Å². The van der Waals surface area contributed by atoms with Crippen LogP contribution in [-0.4, -0.2) is 43.0 Å². The Morgan fingerprint density at radius 2 is 2.19 bits per heavy atom. The van der Waals surface area contributed by atoms with E-state index in [0.29, 0.717) is 12.5 Å². The van der Waals surface area contributed by atoms with Gasteiger partial charge in [-0.15, -0.1) is 12.4 Å². The normalized spacial score (nSPS) is 23.5. The first-order valence-corrected chi connectivity index (χ1v) is 9.67. The Balaban J connectivity index is 0.00000243. The fourth-order valence-electron chi connectivity index (χ4n) is 4.07. The second-order valence-electron chi connectivity index (χ2n) is 7.37. The third-order valence-electron chi connectivity index (χ3n) is 5.52. The van der Waals surface area contributed by atoms with Gasteiger partial charge in [0.15, 0.2) is 0 Å². The van der Waals surface area contributed by atoms with Crippen molar-refractivity contribution in [1.29, 1.82) is 0 Å². The number of benzene rings is 1. The van der Waals surface area contributed by atoms with Crippen molar-refractivity contribution in [1.82, 2.24) is 15.5 Å². The van der Waals surface area contributed by atoms with Crippen LogP contribution in [-0.2, 0) is 17.8 Å². The summed E-state index contributed by atoms with van der Waals surface area (Å²) in [4.78, 5) is 14.5. The van der Waals surface area contributed by atoms with E-state index in [4.69, 9.17) is 0 Å². The van der Waals surface area contributed by atoms with Crippen molar-refractivity contribution in [2.75, 3.05) is 26.2 Å². The molecule has 0 saturated carbocycles. The Hall–Kier alpha value is -1.17. The number of nitrogens with one attached hydrogen (secondary N) is 2. The van der Waals surface area contributed by atoms with Crippen molar-refractivity contribution in [3.63, 3.8) is 0 Å². The second-order valence-corrected chi connectivity index (χ2v) is 7.37. The highest BCUT2D eigenvalue weighted by Crippen LogP contribution is 2.22.